The second-order valence-electron chi connectivity index (χ2n) is 7.03. The maximum absolute atomic E-state index is 11.8. The second kappa shape index (κ2) is 9.64. The SMILES string of the molecule is C=C(C)CNC(=NCC(=O)N(C)C)NCC(C)(C)N1CCOCC1. The van der Waals surface area contributed by atoms with Gasteiger partial charge in [0.2, 0.25) is 5.91 Å². The maximum Gasteiger partial charge on any atom is 0.243 e. The third-order valence-electron chi connectivity index (χ3n) is 3.98. The smallest absolute Gasteiger partial charge is 0.243 e. The molecule has 1 heterocycles. The Morgan fingerprint density at radius 3 is 2.46 bits per heavy atom. The molecule has 2 N–H and O–H groups in total. The number of aliphatic imine (C=N–C) groups is 1. The molecule has 138 valence electrons. The van der Waals surface area contributed by atoms with Crippen molar-refractivity contribution in [1.82, 2.24) is 20.4 Å². The zero-order chi connectivity index (χ0) is 18.2. The molecule has 1 saturated heterocycles. The molecular weight excluding hydrogens is 306 g/mol. The number of nitrogens with one attached hydrogen (secondary N) is 2. The van der Waals surface area contributed by atoms with Crippen LogP contribution in [0.2, 0.25) is 0 Å². The number of likely N-dealkylation sites (N-methyl/N-ethyl adjacent to an activating group) is 1. The standard InChI is InChI=1S/C17H33N5O2/c1-14(2)11-18-16(19-12-15(23)21(5)6)20-13-17(3,4)22-7-9-24-10-8-22/h1,7-13H2,2-6H3,(H2,18,19,20). The number of guanidine groups is 1. The van der Waals surface area contributed by atoms with Crippen LogP contribution in [0.1, 0.15) is 20.8 Å². The van der Waals surface area contributed by atoms with Crippen LogP contribution in [0, 0.1) is 0 Å². The van der Waals surface area contributed by atoms with Gasteiger partial charge < -0.3 is 20.3 Å². The predicted molar refractivity (Wildman–Crippen MR) is 98.3 cm³/mol. The fraction of sp³-hybridized carbons (Fsp3) is 0.765. The topological polar surface area (TPSA) is 69.2 Å². The summed E-state index contributed by atoms with van der Waals surface area (Å²) >= 11 is 0. The number of ether oxygens (including phenoxy) is 1. The Morgan fingerprint density at radius 1 is 1.29 bits per heavy atom. The molecule has 1 amide bonds. The van der Waals surface area contributed by atoms with E-state index < -0.39 is 0 Å². The first-order chi connectivity index (χ1) is 11.2. The van der Waals surface area contributed by atoms with Gasteiger partial charge in [0.05, 0.1) is 13.2 Å². The number of rotatable bonds is 7. The molecule has 0 atom stereocenters. The molecule has 7 heteroatoms. The van der Waals surface area contributed by atoms with E-state index in [1.165, 1.54) is 4.90 Å². The van der Waals surface area contributed by atoms with E-state index in [9.17, 15) is 4.79 Å². The Labute approximate surface area is 146 Å². The molecule has 0 bridgehead atoms. The second-order valence-corrected chi connectivity index (χ2v) is 7.03. The van der Waals surface area contributed by atoms with Crippen LogP contribution in [-0.4, -0.2) is 87.2 Å². The van der Waals surface area contributed by atoms with Gasteiger partial charge in [0.1, 0.15) is 6.54 Å². The third-order valence-corrected chi connectivity index (χ3v) is 3.98. The van der Waals surface area contributed by atoms with Crippen molar-refractivity contribution in [3.05, 3.63) is 12.2 Å². The minimum atomic E-state index is -0.0288. The molecule has 0 spiro atoms. The maximum atomic E-state index is 11.8. The highest BCUT2D eigenvalue weighted by molar-refractivity contribution is 5.84. The van der Waals surface area contributed by atoms with Gasteiger partial charge in [-0.2, -0.15) is 0 Å². The molecule has 0 unspecified atom stereocenters. The lowest BCUT2D eigenvalue weighted by atomic mass is 10.0. The average molecular weight is 339 g/mol. The average Bonchev–Trinajstić information content (AvgIpc) is 2.54. The Bertz CT molecular complexity index is 454. The molecular formula is C17H33N5O2. The first-order valence-electron chi connectivity index (χ1n) is 8.42. The summed E-state index contributed by atoms with van der Waals surface area (Å²) in [6.07, 6.45) is 0. The van der Waals surface area contributed by atoms with Gasteiger partial charge in [-0.1, -0.05) is 12.2 Å². The van der Waals surface area contributed by atoms with Crippen molar-refractivity contribution in [2.45, 2.75) is 26.3 Å². The van der Waals surface area contributed by atoms with Crippen LogP contribution in [0.4, 0.5) is 0 Å². The quantitative estimate of drug-likeness (QED) is 0.397. The number of carbonyl (C=O) groups excluding carboxylic acids is 1. The number of hydrogen-bond donors (Lipinski definition) is 2. The van der Waals surface area contributed by atoms with Gasteiger partial charge >= 0.3 is 0 Å². The largest absolute Gasteiger partial charge is 0.379 e. The van der Waals surface area contributed by atoms with E-state index in [0.717, 1.165) is 38.4 Å². The van der Waals surface area contributed by atoms with Gasteiger partial charge in [0.25, 0.3) is 0 Å². The van der Waals surface area contributed by atoms with Crippen molar-refractivity contribution in [3.63, 3.8) is 0 Å². The zero-order valence-corrected chi connectivity index (χ0v) is 15.8. The van der Waals surface area contributed by atoms with Gasteiger partial charge in [-0.25, -0.2) is 4.99 Å². The van der Waals surface area contributed by atoms with Crippen LogP contribution in [0.3, 0.4) is 0 Å². The van der Waals surface area contributed by atoms with E-state index in [1.54, 1.807) is 14.1 Å². The molecule has 7 nitrogen and oxygen atoms in total. The van der Waals surface area contributed by atoms with Crippen LogP contribution in [0.25, 0.3) is 0 Å². The fourth-order valence-corrected chi connectivity index (χ4v) is 2.28. The van der Waals surface area contributed by atoms with Crippen LogP contribution >= 0.6 is 0 Å². The Hall–Kier alpha value is -1.60. The highest BCUT2D eigenvalue weighted by Crippen LogP contribution is 2.14. The van der Waals surface area contributed by atoms with E-state index in [4.69, 9.17) is 4.74 Å². The summed E-state index contributed by atoms with van der Waals surface area (Å²) in [5.74, 6) is 0.605. The Balaban J connectivity index is 2.63. The molecule has 0 aromatic heterocycles. The lowest BCUT2D eigenvalue weighted by molar-refractivity contribution is -0.127. The van der Waals surface area contributed by atoms with Crippen molar-refractivity contribution >= 4 is 11.9 Å². The van der Waals surface area contributed by atoms with Crippen LogP contribution in [-0.2, 0) is 9.53 Å². The number of morpholine rings is 1. The molecule has 0 aromatic rings. The Kier molecular flexibility index (Phi) is 8.21. The number of amides is 1. The van der Waals surface area contributed by atoms with E-state index in [2.05, 4.69) is 41.0 Å². The lowest BCUT2D eigenvalue weighted by Crippen LogP contribution is -2.56. The summed E-state index contributed by atoms with van der Waals surface area (Å²) in [5, 5.41) is 6.57. The first kappa shape index (κ1) is 20.4. The fourth-order valence-electron chi connectivity index (χ4n) is 2.28. The van der Waals surface area contributed by atoms with E-state index >= 15 is 0 Å². The molecule has 1 aliphatic rings. The van der Waals surface area contributed by atoms with Crippen LogP contribution < -0.4 is 10.6 Å². The summed E-state index contributed by atoms with van der Waals surface area (Å²) in [4.78, 5) is 20.1. The normalized spacial score (nSPS) is 16.6. The minimum Gasteiger partial charge on any atom is -0.379 e. The third kappa shape index (κ3) is 7.31. The predicted octanol–water partition coefficient (Wildman–Crippen LogP) is 0.297. The zero-order valence-electron chi connectivity index (χ0n) is 15.8. The molecule has 1 rings (SSSR count). The minimum absolute atomic E-state index is 0.0268. The highest BCUT2D eigenvalue weighted by atomic mass is 16.5. The van der Waals surface area contributed by atoms with Gasteiger partial charge in [-0.3, -0.25) is 9.69 Å². The van der Waals surface area contributed by atoms with Gasteiger partial charge in [-0.15, -0.1) is 0 Å². The number of nitrogens with zero attached hydrogens (tertiary/aromatic N) is 3. The molecule has 0 radical (unpaired) electrons. The molecule has 0 aliphatic carbocycles. The summed E-state index contributed by atoms with van der Waals surface area (Å²) in [5.41, 5.74) is 0.983. The summed E-state index contributed by atoms with van der Waals surface area (Å²) in [6, 6.07) is 0. The van der Waals surface area contributed by atoms with E-state index in [-0.39, 0.29) is 18.0 Å². The van der Waals surface area contributed by atoms with Gasteiger partial charge in [-0.05, 0) is 20.8 Å². The van der Waals surface area contributed by atoms with Crippen molar-refractivity contribution < 1.29 is 9.53 Å². The van der Waals surface area contributed by atoms with E-state index in [1.807, 2.05) is 6.92 Å². The summed E-state index contributed by atoms with van der Waals surface area (Å²) in [6.45, 7) is 15.1. The number of carbonyl (C=O) groups is 1. The van der Waals surface area contributed by atoms with Crippen molar-refractivity contribution in [2.75, 3.05) is 60.0 Å². The highest BCUT2D eigenvalue weighted by Gasteiger charge is 2.28. The number of hydrogen-bond acceptors (Lipinski definition) is 4. The molecule has 1 aliphatic heterocycles. The molecule has 0 saturated carbocycles. The van der Waals surface area contributed by atoms with Gasteiger partial charge in [0.15, 0.2) is 5.96 Å². The van der Waals surface area contributed by atoms with Crippen molar-refractivity contribution in [3.8, 4) is 0 Å². The van der Waals surface area contributed by atoms with E-state index in [0.29, 0.717) is 12.5 Å². The van der Waals surface area contributed by atoms with Crippen LogP contribution in [0.5, 0.6) is 0 Å². The molecule has 0 aromatic carbocycles. The summed E-state index contributed by atoms with van der Waals surface area (Å²) < 4.78 is 5.42. The summed E-state index contributed by atoms with van der Waals surface area (Å²) in [7, 11) is 3.46. The molecule has 1 fully saturated rings. The molecule has 24 heavy (non-hydrogen) atoms. The Morgan fingerprint density at radius 2 is 1.92 bits per heavy atom. The lowest BCUT2D eigenvalue weighted by Gasteiger charge is -2.41. The van der Waals surface area contributed by atoms with Crippen molar-refractivity contribution in [2.24, 2.45) is 4.99 Å². The van der Waals surface area contributed by atoms with Crippen molar-refractivity contribution in [1.29, 1.82) is 0 Å². The van der Waals surface area contributed by atoms with Gasteiger partial charge in [0, 0.05) is 45.8 Å². The monoisotopic (exact) mass is 339 g/mol. The van der Waals surface area contributed by atoms with Crippen LogP contribution in [0.15, 0.2) is 17.1 Å². The first-order valence-corrected chi connectivity index (χ1v) is 8.42.